The molecule has 18 heavy (non-hydrogen) atoms. The minimum Gasteiger partial charge on any atom is -0.286 e. The Morgan fingerprint density at radius 2 is 1.78 bits per heavy atom. The van der Waals surface area contributed by atoms with E-state index in [1.54, 1.807) is 11.8 Å². The molecule has 1 unspecified atom stereocenters. The summed E-state index contributed by atoms with van der Waals surface area (Å²) in [6, 6.07) is 0. The van der Waals surface area contributed by atoms with Crippen molar-refractivity contribution in [1.82, 2.24) is 5.06 Å². The first-order chi connectivity index (χ1) is 8.75. The molecule has 1 rings (SSSR count). The second kappa shape index (κ2) is 9.68. The van der Waals surface area contributed by atoms with Crippen molar-refractivity contribution in [2.24, 2.45) is 0 Å². The molecule has 1 atom stereocenters. The Morgan fingerprint density at radius 3 is 2.33 bits per heavy atom. The lowest BCUT2D eigenvalue weighted by molar-refractivity contribution is -0.156. The molecule has 0 bridgehead atoms. The minimum atomic E-state index is -0.0976. The summed E-state index contributed by atoms with van der Waals surface area (Å²) >= 11 is 1.72. The number of carbonyl (C=O) groups is 1. The van der Waals surface area contributed by atoms with Gasteiger partial charge in [0, 0.05) is 6.54 Å². The van der Waals surface area contributed by atoms with Crippen molar-refractivity contribution in [3.05, 3.63) is 0 Å². The number of nitrogens with zero attached hydrogens (tertiary/aromatic N) is 1. The van der Waals surface area contributed by atoms with Gasteiger partial charge in [0.15, 0.2) is 0 Å². The average molecular weight is 273 g/mol. The van der Waals surface area contributed by atoms with Gasteiger partial charge < -0.3 is 0 Å². The monoisotopic (exact) mass is 273 g/mol. The highest BCUT2D eigenvalue weighted by atomic mass is 32.2. The lowest BCUT2D eigenvalue weighted by Crippen LogP contribution is -2.24. The number of unbranched alkanes of at least 4 members (excludes halogenated alkanes) is 7. The standard InChI is InChI=1S/C14H27NO2S/c1-2-3-4-5-6-7-8-9-12-18-13-10-11-15(17)14(13)16/h13,17H,2-12H2,1H3. The van der Waals surface area contributed by atoms with Gasteiger partial charge in [0.25, 0.3) is 5.91 Å². The fourth-order valence-electron chi connectivity index (χ4n) is 2.26. The van der Waals surface area contributed by atoms with Crippen LogP contribution >= 0.6 is 11.8 Å². The molecule has 0 spiro atoms. The van der Waals surface area contributed by atoms with Crippen LogP contribution < -0.4 is 0 Å². The number of amides is 1. The largest absolute Gasteiger partial charge is 0.286 e. The van der Waals surface area contributed by atoms with Crippen LogP contribution in [0.3, 0.4) is 0 Å². The van der Waals surface area contributed by atoms with Gasteiger partial charge in [-0.3, -0.25) is 10.0 Å². The predicted molar refractivity (Wildman–Crippen MR) is 77.0 cm³/mol. The lowest BCUT2D eigenvalue weighted by atomic mass is 10.1. The molecule has 1 amide bonds. The van der Waals surface area contributed by atoms with Gasteiger partial charge in [0.1, 0.15) is 0 Å². The molecule has 0 aliphatic carbocycles. The maximum atomic E-state index is 11.4. The first kappa shape index (κ1) is 15.8. The Kier molecular flexibility index (Phi) is 8.51. The van der Waals surface area contributed by atoms with Crippen LogP contribution in [0.4, 0.5) is 0 Å². The normalized spacial score (nSPS) is 19.8. The molecular formula is C14H27NO2S. The number of hydrogen-bond acceptors (Lipinski definition) is 3. The molecule has 1 N–H and O–H groups in total. The molecule has 1 fully saturated rings. The third-order valence-corrected chi connectivity index (χ3v) is 4.81. The molecule has 0 aromatic rings. The van der Waals surface area contributed by atoms with Gasteiger partial charge in [-0.05, 0) is 18.6 Å². The molecule has 0 aromatic carbocycles. The molecule has 3 nitrogen and oxygen atoms in total. The van der Waals surface area contributed by atoms with Crippen molar-refractivity contribution < 1.29 is 10.0 Å². The topological polar surface area (TPSA) is 40.5 Å². The van der Waals surface area contributed by atoms with Gasteiger partial charge in [-0.25, -0.2) is 5.06 Å². The average Bonchev–Trinajstić information content (AvgIpc) is 2.68. The zero-order chi connectivity index (χ0) is 13.2. The van der Waals surface area contributed by atoms with E-state index in [2.05, 4.69) is 6.92 Å². The van der Waals surface area contributed by atoms with Gasteiger partial charge in [-0.1, -0.05) is 51.9 Å². The van der Waals surface area contributed by atoms with Crippen molar-refractivity contribution in [1.29, 1.82) is 0 Å². The fraction of sp³-hybridized carbons (Fsp3) is 0.929. The van der Waals surface area contributed by atoms with Gasteiger partial charge >= 0.3 is 0 Å². The molecule has 0 saturated carbocycles. The van der Waals surface area contributed by atoms with Gasteiger partial charge in [0.2, 0.25) is 0 Å². The van der Waals surface area contributed by atoms with Crippen molar-refractivity contribution in [3.63, 3.8) is 0 Å². The Balaban J connectivity index is 1.86. The molecule has 1 heterocycles. The summed E-state index contributed by atoms with van der Waals surface area (Å²) in [4.78, 5) is 11.4. The maximum Gasteiger partial charge on any atom is 0.259 e. The first-order valence-corrected chi connectivity index (χ1v) is 8.42. The van der Waals surface area contributed by atoms with E-state index in [0.717, 1.165) is 17.2 Å². The van der Waals surface area contributed by atoms with Crippen LogP contribution in [0.1, 0.15) is 64.7 Å². The summed E-state index contributed by atoms with van der Waals surface area (Å²) in [5, 5.41) is 10.1. The van der Waals surface area contributed by atoms with Crippen LogP contribution in [0.5, 0.6) is 0 Å². The number of hydrogen-bond donors (Lipinski definition) is 1. The van der Waals surface area contributed by atoms with E-state index in [1.165, 1.54) is 51.4 Å². The van der Waals surface area contributed by atoms with E-state index < -0.39 is 0 Å². The summed E-state index contributed by atoms with van der Waals surface area (Å²) in [5.74, 6) is 0.957. The number of rotatable bonds is 10. The molecule has 1 aliphatic rings. The molecule has 1 saturated heterocycles. The van der Waals surface area contributed by atoms with E-state index in [9.17, 15) is 10.0 Å². The number of hydroxylamine groups is 2. The van der Waals surface area contributed by atoms with Crippen LogP contribution in [0.2, 0.25) is 0 Å². The second-order valence-electron chi connectivity index (χ2n) is 5.08. The summed E-state index contributed by atoms with van der Waals surface area (Å²) < 4.78 is 0. The number of thioether (sulfide) groups is 1. The highest BCUT2D eigenvalue weighted by Gasteiger charge is 2.30. The van der Waals surface area contributed by atoms with Crippen LogP contribution in [0, 0.1) is 0 Å². The zero-order valence-electron chi connectivity index (χ0n) is 11.6. The van der Waals surface area contributed by atoms with E-state index >= 15 is 0 Å². The lowest BCUT2D eigenvalue weighted by Gasteiger charge is -2.08. The van der Waals surface area contributed by atoms with E-state index in [0.29, 0.717) is 6.54 Å². The van der Waals surface area contributed by atoms with Crippen molar-refractivity contribution in [3.8, 4) is 0 Å². The van der Waals surface area contributed by atoms with Crippen molar-refractivity contribution in [2.45, 2.75) is 70.0 Å². The Bertz CT molecular complexity index is 236. The summed E-state index contributed by atoms with van der Waals surface area (Å²) in [5.41, 5.74) is 0. The quantitative estimate of drug-likeness (QED) is 0.485. The van der Waals surface area contributed by atoms with Gasteiger partial charge in [0.05, 0.1) is 5.25 Å². The predicted octanol–water partition coefficient (Wildman–Crippen LogP) is 3.85. The van der Waals surface area contributed by atoms with Gasteiger partial charge in [-0.2, -0.15) is 0 Å². The Hall–Kier alpha value is -0.220. The Morgan fingerprint density at radius 1 is 1.17 bits per heavy atom. The van der Waals surface area contributed by atoms with Crippen molar-refractivity contribution in [2.75, 3.05) is 12.3 Å². The minimum absolute atomic E-state index is 0.0135. The maximum absolute atomic E-state index is 11.4. The number of carbonyl (C=O) groups excluding carboxylic acids is 1. The van der Waals surface area contributed by atoms with E-state index in [4.69, 9.17) is 0 Å². The summed E-state index contributed by atoms with van der Waals surface area (Å²) in [6.07, 6.45) is 11.4. The van der Waals surface area contributed by atoms with E-state index in [1.807, 2.05) is 0 Å². The zero-order valence-corrected chi connectivity index (χ0v) is 12.4. The summed E-state index contributed by atoms with van der Waals surface area (Å²) in [7, 11) is 0. The molecule has 0 aromatic heterocycles. The van der Waals surface area contributed by atoms with Crippen LogP contribution in [0.15, 0.2) is 0 Å². The third kappa shape index (κ3) is 6.10. The molecule has 0 radical (unpaired) electrons. The first-order valence-electron chi connectivity index (χ1n) is 7.37. The highest BCUT2D eigenvalue weighted by molar-refractivity contribution is 8.00. The highest BCUT2D eigenvalue weighted by Crippen LogP contribution is 2.24. The van der Waals surface area contributed by atoms with Crippen LogP contribution in [0.25, 0.3) is 0 Å². The van der Waals surface area contributed by atoms with E-state index in [-0.39, 0.29) is 11.2 Å². The Labute approximate surface area is 115 Å². The molecular weight excluding hydrogens is 246 g/mol. The molecule has 106 valence electrons. The second-order valence-corrected chi connectivity index (χ2v) is 6.39. The fourth-order valence-corrected chi connectivity index (χ4v) is 3.45. The van der Waals surface area contributed by atoms with Crippen LogP contribution in [-0.4, -0.2) is 33.7 Å². The molecule has 1 aliphatic heterocycles. The third-order valence-electron chi connectivity index (χ3n) is 3.45. The van der Waals surface area contributed by atoms with Crippen molar-refractivity contribution >= 4 is 17.7 Å². The van der Waals surface area contributed by atoms with Crippen LogP contribution in [-0.2, 0) is 4.79 Å². The smallest absolute Gasteiger partial charge is 0.259 e. The summed E-state index contributed by atoms with van der Waals surface area (Å²) in [6.45, 7) is 2.75. The SMILES string of the molecule is CCCCCCCCCCSC1CCN(O)C1=O. The molecule has 4 heteroatoms. The van der Waals surface area contributed by atoms with Gasteiger partial charge in [-0.15, -0.1) is 11.8 Å².